The molecule has 1 N–H and O–H groups in total. The summed E-state index contributed by atoms with van der Waals surface area (Å²) in [5, 5.41) is 3.58. The van der Waals surface area contributed by atoms with Crippen LogP contribution >= 0.6 is 0 Å². The van der Waals surface area contributed by atoms with E-state index < -0.39 is 0 Å². The Morgan fingerprint density at radius 1 is 1.13 bits per heavy atom. The molecule has 3 rings (SSSR count). The van der Waals surface area contributed by atoms with Crippen LogP contribution in [0.15, 0.2) is 24.3 Å². The van der Waals surface area contributed by atoms with Crippen molar-refractivity contribution in [2.45, 2.75) is 45.7 Å². The van der Waals surface area contributed by atoms with E-state index in [4.69, 9.17) is 0 Å². The van der Waals surface area contributed by atoms with Crippen molar-refractivity contribution in [3.63, 3.8) is 0 Å². The van der Waals surface area contributed by atoms with Crippen LogP contribution in [0, 0.1) is 12.8 Å². The number of nitrogens with one attached hydrogen (secondary N) is 1. The van der Waals surface area contributed by atoms with Gasteiger partial charge in [0.05, 0.1) is 0 Å². The standard InChI is InChI=1S/C20H33N3/c1-16-6-8-19(9-7-16)20(23-12-10-21-18(3)14-23)15-22-11-4-5-17(2)13-22/h6-9,17-18,20-21H,4-5,10-15H2,1-3H3. The molecule has 2 aliphatic rings. The minimum absolute atomic E-state index is 0.533. The second kappa shape index (κ2) is 7.78. The molecule has 0 aromatic heterocycles. The van der Waals surface area contributed by atoms with E-state index in [1.165, 1.54) is 43.6 Å². The van der Waals surface area contributed by atoms with Gasteiger partial charge in [0.25, 0.3) is 0 Å². The van der Waals surface area contributed by atoms with Gasteiger partial charge in [-0.25, -0.2) is 0 Å². The Hall–Kier alpha value is -0.900. The molecule has 3 unspecified atom stereocenters. The second-order valence-electron chi connectivity index (χ2n) is 7.78. The summed E-state index contributed by atoms with van der Waals surface area (Å²) < 4.78 is 0. The quantitative estimate of drug-likeness (QED) is 0.921. The molecule has 0 radical (unpaired) electrons. The van der Waals surface area contributed by atoms with Crippen LogP contribution in [0.3, 0.4) is 0 Å². The number of hydrogen-bond acceptors (Lipinski definition) is 3. The fourth-order valence-corrected chi connectivity index (χ4v) is 4.16. The van der Waals surface area contributed by atoms with Gasteiger partial charge >= 0.3 is 0 Å². The Morgan fingerprint density at radius 2 is 1.91 bits per heavy atom. The van der Waals surface area contributed by atoms with Gasteiger partial charge in [0, 0.05) is 44.8 Å². The predicted octanol–water partition coefficient (Wildman–Crippen LogP) is 3.06. The third-order valence-electron chi connectivity index (χ3n) is 5.48. The van der Waals surface area contributed by atoms with Gasteiger partial charge in [-0.15, -0.1) is 0 Å². The minimum Gasteiger partial charge on any atom is -0.312 e. The van der Waals surface area contributed by atoms with Gasteiger partial charge in [-0.05, 0) is 44.7 Å². The topological polar surface area (TPSA) is 18.5 Å². The fraction of sp³-hybridized carbons (Fsp3) is 0.700. The molecule has 0 saturated carbocycles. The highest BCUT2D eigenvalue weighted by molar-refractivity contribution is 5.25. The fourth-order valence-electron chi connectivity index (χ4n) is 4.16. The van der Waals surface area contributed by atoms with Crippen molar-refractivity contribution in [1.29, 1.82) is 0 Å². The van der Waals surface area contributed by atoms with Crippen molar-refractivity contribution in [3.8, 4) is 0 Å². The van der Waals surface area contributed by atoms with Crippen molar-refractivity contribution in [2.75, 3.05) is 39.3 Å². The van der Waals surface area contributed by atoms with Gasteiger partial charge in [0.1, 0.15) is 0 Å². The largest absolute Gasteiger partial charge is 0.312 e. The second-order valence-corrected chi connectivity index (χ2v) is 7.78. The van der Waals surface area contributed by atoms with Gasteiger partial charge in [0.2, 0.25) is 0 Å². The molecule has 2 aliphatic heterocycles. The van der Waals surface area contributed by atoms with E-state index in [0.717, 1.165) is 25.6 Å². The van der Waals surface area contributed by atoms with Crippen LogP contribution in [0.2, 0.25) is 0 Å². The number of piperidine rings is 1. The van der Waals surface area contributed by atoms with Gasteiger partial charge in [0.15, 0.2) is 0 Å². The maximum Gasteiger partial charge on any atom is 0.0476 e. The van der Waals surface area contributed by atoms with Crippen molar-refractivity contribution >= 4 is 0 Å². The molecule has 3 nitrogen and oxygen atoms in total. The third kappa shape index (κ3) is 4.56. The molecule has 3 heteroatoms. The van der Waals surface area contributed by atoms with E-state index >= 15 is 0 Å². The SMILES string of the molecule is Cc1ccc(C(CN2CCCC(C)C2)N2CCNC(C)C2)cc1. The Balaban J connectivity index is 1.76. The van der Waals surface area contributed by atoms with Crippen LogP contribution in [0.4, 0.5) is 0 Å². The van der Waals surface area contributed by atoms with Crippen molar-refractivity contribution < 1.29 is 0 Å². The molecule has 2 fully saturated rings. The molecule has 0 aliphatic carbocycles. The molecule has 128 valence electrons. The minimum atomic E-state index is 0.533. The van der Waals surface area contributed by atoms with E-state index in [0.29, 0.717) is 12.1 Å². The van der Waals surface area contributed by atoms with Crippen molar-refractivity contribution in [3.05, 3.63) is 35.4 Å². The van der Waals surface area contributed by atoms with E-state index in [1.54, 1.807) is 0 Å². The molecule has 0 amide bonds. The zero-order chi connectivity index (χ0) is 16.2. The number of benzene rings is 1. The first-order valence-electron chi connectivity index (χ1n) is 9.38. The molecule has 1 aromatic rings. The molecule has 0 bridgehead atoms. The smallest absolute Gasteiger partial charge is 0.0476 e. The molecule has 3 atom stereocenters. The van der Waals surface area contributed by atoms with Gasteiger partial charge < -0.3 is 10.2 Å². The van der Waals surface area contributed by atoms with Crippen LogP contribution in [0.1, 0.15) is 43.9 Å². The summed E-state index contributed by atoms with van der Waals surface area (Å²) in [6, 6.07) is 10.4. The Labute approximate surface area is 142 Å². The number of rotatable bonds is 4. The lowest BCUT2D eigenvalue weighted by atomic mass is 9.97. The van der Waals surface area contributed by atoms with Crippen LogP contribution in [0.5, 0.6) is 0 Å². The van der Waals surface area contributed by atoms with E-state index in [9.17, 15) is 0 Å². The lowest BCUT2D eigenvalue weighted by molar-refractivity contribution is 0.0895. The monoisotopic (exact) mass is 315 g/mol. The average Bonchev–Trinajstić information content (AvgIpc) is 2.54. The summed E-state index contributed by atoms with van der Waals surface area (Å²) in [6.07, 6.45) is 2.76. The van der Waals surface area contributed by atoms with Gasteiger partial charge in [-0.3, -0.25) is 4.90 Å². The average molecular weight is 316 g/mol. The Kier molecular flexibility index (Phi) is 5.73. The highest BCUT2D eigenvalue weighted by atomic mass is 15.3. The lowest BCUT2D eigenvalue weighted by Crippen LogP contribution is -2.52. The predicted molar refractivity (Wildman–Crippen MR) is 97.8 cm³/mol. The molecule has 2 heterocycles. The van der Waals surface area contributed by atoms with Crippen molar-refractivity contribution in [1.82, 2.24) is 15.1 Å². The summed E-state index contributed by atoms with van der Waals surface area (Å²) in [5.41, 5.74) is 2.84. The number of aryl methyl sites for hydroxylation is 1. The van der Waals surface area contributed by atoms with Crippen molar-refractivity contribution in [2.24, 2.45) is 5.92 Å². The first-order chi connectivity index (χ1) is 11.1. The molecular weight excluding hydrogens is 282 g/mol. The lowest BCUT2D eigenvalue weighted by Gasteiger charge is -2.41. The third-order valence-corrected chi connectivity index (χ3v) is 5.48. The van der Waals surface area contributed by atoms with Crippen LogP contribution in [0.25, 0.3) is 0 Å². The molecule has 0 spiro atoms. The summed E-state index contributed by atoms with van der Waals surface area (Å²) in [5.74, 6) is 0.851. The number of piperazine rings is 1. The maximum absolute atomic E-state index is 3.58. The Bertz CT molecular complexity index is 484. The Morgan fingerprint density at radius 3 is 2.61 bits per heavy atom. The first-order valence-corrected chi connectivity index (χ1v) is 9.38. The normalized spacial score (nSPS) is 28.7. The molecular formula is C20H33N3. The number of likely N-dealkylation sites (tertiary alicyclic amines) is 1. The van der Waals surface area contributed by atoms with Gasteiger partial charge in [-0.1, -0.05) is 36.8 Å². The molecule has 1 aromatic carbocycles. The number of hydrogen-bond donors (Lipinski definition) is 1. The molecule has 2 saturated heterocycles. The van der Waals surface area contributed by atoms with Crippen LogP contribution in [-0.2, 0) is 0 Å². The van der Waals surface area contributed by atoms with E-state index in [1.807, 2.05) is 0 Å². The van der Waals surface area contributed by atoms with E-state index in [2.05, 4.69) is 60.2 Å². The highest BCUT2D eigenvalue weighted by Gasteiger charge is 2.28. The molecule has 23 heavy (non-hydrogen) atoms. The number of nitrogens with zero attached hydrogens (tertiary/aromatic N) is 2. The zero-order valence-electron chi connectivity index (χ0n) is 15.1. The maximum atomic E-state index is 3.58. The van der Waals surface area contributed by atoms with Crippen LogP contribution in [-0.4, -0.2) is 55.1 Å². The van der Waals surface area contributed by atoms with Gasteiger partial charge in [-0.2, -0.15) is 0 Å². The van der Waals surface area contributed by atoms with E-state index in [-0.39, 0.29) is 0 Å². The summed E-state index contributed by atoms with van der Waals surface area (Å²) in [4.78, 5) is 5.40. The summed E-state index contributed by atoms with van der Waals surface area (Å²) in [6.45, 7) is 14.0. The zero-order valence-corrected chi connectivity index (χ0v) is 15.1. The van der Waals surface area contributed by atoms with Crippen LogP contribution < -0.4 is 5.32 Å². The summed E-state index contributed by atoms with van der Waals surface area (Å²) in [7, 11) is 0. The highest BCUT2D eigenvalue weighted by Crippen LogP contribution is 2.26. The summed E-state index contributed by atoms with van der Waals surface area (Å²) >= 11 is 0. The first kappa shape index (κ1) is 16.9.